The number of hydrogen-bond donors (Lipinski definition) is 3. The van der Waals surface area contributed by atoms with Gasteiger partial charge >= 0.3 is 0 Å². The van der Waals surface area contributed by atoms with E-state index in [9.17, 15) is 9.90 Å². The van der Waals surface area contributed by atoms with Gasteiger partial charge in [0.05, 0.1) is 6.61 Å². The lowest BCUT2D eigenvalue weighted by molar-refractivity contribution is -0.135. The molecular weight excluding hydrogens is 340 g/mol. The number of carbonyl (C=O) groups excluding carboxylic acids is 1. The van der Waals surface area contributed by atoms with Crippen molar-refractivity contribution in [3.63, 3.8) is 0 Å². The van der Waals surface area contributed by atoms with Gasteiger partial charge in [-0.2, -0.15) is 0 Å². The van der Waals surface area contributed by atoms with Crippen LogP contribution in [0, 0.1) is 17.3 Å². The molecule has 1 aliphatic carbocycles. The molecule has 0 bridgehead atoms. The highest BCUT2D eigenvalue weighted by Crippen LogP contribution is 2.42. The minimum absolute atomic E-state index is 0.0130. The maximum Gasteiger partial charge on any atom is 0.241 e. The van der Waals surface area contributed by atoms with E-state index in [0.717, 1.165) is 24.8 Å². The van der Waals surface area contributed by atoms with Gasteiger partial charge in [-0.1, -0.05) is 20.8 Å². The predicted octanol–water partition coefficient (Wildman–Crippen LogP) is 1.75. The van der Waals surface area contributed by atoms with Gasteiger partial charge in [0.2, 0.25) is 5.91 Å². The number of rotatable bonds is 6. The van der Waals surface area contributed by atoms with Crippen molar-refractivity contribution in [2.24, 2.45) is 17.3 Å². The lowest BCUT2D eigenvalue weighted by atomic mass is 9.66. The predicted molar refractivity (Wildman–Crippen MR) is 106 cm³/mol. The molecule has 4 atom stereocenters. The summed E-state index contributed by atoms with van der Waals surface area (Å²) in [6.45, 7) is 7.89. The quantitative estimate of drug-likeness (QED) is 0.707. The van der Waals surface area contributed by atoms with E-state index < -0.39 is 0 Å². The summed E-state index contributed by atoms with van der Waals surface area (Å²) in [5.41, 5.74) is 8.06. The molecule has 2 heterocycles. The van der Waals surface area contributed by atoms with Crippen molar-refractivity contribution in [3.05, 3.63) is 30.1 Å². The van der Waals surface area contributed by atoms with Gasteiger partial charge < -0.3 is 10.0 Å². The first-order valence-corrected chi connectivity index (χ1v) is 10.2. The van der Waals surface area contributed by atoms with Crippen molar-refractivity contribution in [2.45, 2.75) is 58.5 Å². The third-order valence-electron chi connectivity index (χ3n) is 6.34. The topological polar surface area (TPSA) is 77.5 Å². The minimum Gasteiger partial charge on any atom is -0.395 e. The molecule has 27 heavy (non-hydrogen) atoms. The Balaban J connectivity index is 1.66. The van der Waals surface area contributed by atoms with Crippen molar-refractivity contribution >= 4 is 5.91 Å². The highest BCUT2D eigenvalue weighted by Gasteiger charge is 2.46. The molecule has 6 heteroatoms. The lowest BCUT2D eigenvalue weighted by Gasteiger charge is -2.40. The molecule has 0 aromatic carbocycles. The Morgan fingerprint density at radius 3 is 2.63 bits per heavy atom. The fraction of sp³-hybridized carbons (Fsp3) is 0.714. The van der Waals surface area contributed by atoms with Crippen molar-refractivity contribution in [2.75, 3.05) is 19.7 Å². The van der Waals surface area contributed by atoms with Crippen LogP contribution in [0.1, 0.15) is 45.6 Å². The lowest BCUT2D eigenvalue weighted by Crippen LogP contribution is -2.50. The zero-order valence-corrected chi connectivity index (χ0v) is 16.8. The van der Waals surface area contributed by atoms with Gasteiger partial charge in [0.15, 0.2) is 0 Å². The molecule has 1 saturated carbocycles. The number of amides is 1. The van der Waals surface area contributed by atoms with Gasteiger partial charge in [-0.3, -0.25) is 15.2 Å². The molecule has 2 aliphatic rings. The second-order valence-corrected chi connectivity index (χ2v) is 9.07. The molecule has 1 aromatic heterocycles. The van der Waals surface area contributed by atoms with Crippen LogP contribution in [0.4, 0.5) is 0 Å². The van der Waals surface area contributed by atoms with Gasteiger partial charge in [-0.25, -0.2) is 5.43 Å². The number of pyridine rings is 1. The second kappa shape index (κ2) is 8.67. The molecule has 1 aromatic rings. The average Bonchev–Trinajstić information content (AvgIpc) is 3.08. The Morgan fingerprint density at radius 2 is 1.96 bits per heavy atom. The van der Waals surface area contributed by atoms with E-state index in [1.165, 1.54) is 6.42 Å². The number of aromatic nitrogens is 1. The molecular formula is C21H34N4O2. The van der Waals surface area contributed by atoms with Crippen LogP contribution in [-0.4, -0.2) is 52.7 Å². The van der Waals surface area contributed by atoms with Gasteiger partial charge in [-0.05, 0) is 54.7 Å². The van der Waals surface area contributed by atoms with Gasteiger partial charge in [-0.15, -0.1) is 0 Å². The normalized spacial score (nSPS) is 28.0. The summed E-state index contributed by atoms with van der Waals surface area (Å²) in [4.78, 5) is 19.1. The molecule has 1 amide bonds. The smallest absolute Gasteiger partial charge is 0.241 e. The molecule has 1 saturated heterocycles. The molecule has 3 N–H and O–H groups in total. The first kappa shape index (κ1) is 20.2. The monoisotopic (exact) mass is 374 g/mol. The largest absolute Gasteiger partial charge is 0.395 e. The highest BCUT2D eigenvalue weighted by molar-refractivity contribution is 5.82. The van der Waals surface area contributed by atoms with Crippen molar-refractivity contribution in [1.29, 1.82) is 0 Å². The zero-order valence-electron chi connectivity index (χ0n) is 16.8. The van der Waals surface area contributed by atoms with Crippen molar-refractivity contribution in [1.82, 2.24) is 20.7 Å². The third kappa shape index (κ3) is 4.86. The summed E-state index contributed by atoms with van der Waals surface area (Å²) >= 11 is 0. The van der Waals surface area contributed by atoms with E-state index in [0.29, 0.717) is 31.0 Å². The van der Waals surface area contributed by atoms with E-state index in [2.05, 4.69) is 36.6 Å². The van der Waals surface area contributed by atoms with Crippen LogP contribution >= 0.6 is 0 Å². The number of aliphatic hydroxyl groups excluding tert-OH is 1. The fourth-order valence-electron chi connectivity index (χ4n) is 4.55. The van der Waals surface area contributed by atoms with Crippen LogP contribution in [0.15, 0.2) is 24.5 Å². The number of carbonyl (C=O) groups is 1. The van der Waals surface area contributed by atoms with E-state index in [4.69, 9.17) is 0 Å². The number of hydrazine groups is 1. The zero-order chi connectivity index (χ0) is 19.4. The minimum atomic E-state index is -0.204. The van der Waals surface area contributed by atoms with Gasteiger partial charge in [0, 0.05) is 37.4 Å². The summed E-state index contributed by atoms with van der Waals surface area (Å²) in [5.74, 6) is 1.06. The van der Waals surface area contributed by atoms with E-state index in [1.54, 1.807) is 12.4 Å². The molecule has 3 rings (SSSR count). The summed E-state index contributed by atoms with van der Waals surface area (Å²) in [6, 6.07) is 4.11. The SMILES string of the molecule is CC(C)(C)C1CCC2NNC(C(=O)N(CCO)CCc3ccncc3)C2C1. The van der Waals surface area contributed by atoms with Crippen LogP contribution < -0.4 is 10.9 Å². The third-order valence-corrected chi connectivity index (χ3v) is 6.34. The highest BCUT2D eigenvalue weighted by atomic mass is 16.3. The standard InChI is InChI=1S/C21H34N4O2/c1-21(2,3)16-4-5-18-17(14-16)19(24-23-18)20(27)25(12-13-26)11-8-15-6-9-22-10-7-15/h6-7,9-10,16-19,23-24,26H,4-5,8,11-14H2,1-3H3. The maximum atomic E-state index is 13.3. The van der Waals surface area contributed by atoms with E-state index in [-0.39, 0.29) is 24.0 Å². The Morgan fingerprint density at radius 1 is 1.22 bits per heavy atom. The summed E-state index contributed by atoms with van der Waals surface area (Å²) in [6.07, 6.45) is 7.71. The summed E-state index contributed by atoms with van der Waals surface area (Å²) < 4.78 is 0. The van der Waals surface area contributed by atoms with Gasteiger partial charge in [0.25, 0.3) is 0 Å². The van der Waals surface area contributed by atoms with Crippen molar-refractivity contribution in [3.8, 4) is 0 Å². The molecule has 4 unspecified atom stereocenters. The van der Waals surface area contributed by atoms with Crippen molar-refractivity contribution < 1.29 is 9.90 Å². The average molecular weight is 375 g/mol. The summed E-state index contributed by atoms with van der Waals surface area (Å²) in [7, 11) is 0. The Bertz CT molecular complexity index is 616. The number of hydrogen-bond acceptors (Lipinski definition) is 5. The van der Waals surface area contributed by atoms with Crippen LogP contribution in [0.25, 0.3) is 0 Å². The molecule has 1 aliphatic heterocycles. The first-order valence-electron chi connectivity index (χ1n) is 10.2. The van der Waals surface area contributed by atoms with E-state index in [1.807, 2.05) is 17.0 Å². The number of nitrogens with one attached hydrogen (secondary N) is 2. The van der Waals surface area contributed by atoms with Crippen LogP contribution in [0.3, 0.4) is 0 Å². The maximum absolute atomic E-state index is 13.3. The molecule has 0 radical (unpaired) electrons. The Hall–Kier alpha value is -1.50. The number of nitrogens with zero attached hydrogens (tertiary/aromatic N) is 2. The Kier molecular flexibility index (Phi) is 6.50. The Labute approximate surface area is 162 Å². The molecule has 6 nitrogen and oxygen atoms in total. The van der Waals surface area contributed by atoms with Gasteiger partial charge in [0.1, 0.15) is 6.04 Å². The van der Waals surface area contributed by atoms with Crippen LogP contribution in [-0.2, 0) is 11.2 Å². The van der Waals surface area contributed by atoms with Crippen LogP contribution in [0.2, 0.25) is 0 Å². The molecule has 0 spiro atoms. The molecule has 150 valence electrons. The summed E-state index contributed by atoms with van der Waals surface area (Å²) in [5, 5.41) is 9.47. The van der Waals surface area contributed by atoms with E-state index >= 15 is 0 Å². The number of aliphatic hydroxyl groups is 1. The molecule has 2 fully saturated rings. The second-order valence-electron chi connectivity index (χ2n) is 9.07. The van der Waals surface area contributed by atoms with Crippen LogP contribution in [0.5, 0.6) is 0 Å². The first-order chi connectivity index (χ1) is 12.9. The number of fused-ring (bicyclic) bond motifs is 1. The fourth-order valence-corrected chi connectivity index (χ4v) is 4.55.